The second-order valence-electron chi connectivity index (χ2n) is 4.40. The van der Waals surface area contributed by atoms with Gasteiger partial charge in [-0.15, -0.1) is 0 Å². The molecule has 0 radical (unpaired) electrons. The van der Waals surface area contributed by atoms with Crippen molar-refractivity contribution in [3.05, 3.63) is 0 Å². The Balaban J connectivity index is 0.00000361. The summed E-state index contributed by atoms with van der Waals surface area (Å²) >= 11 is 0. The molecule has 1 saturated heterocycles. The number of hydrogen-bond donors (Lipinski definition) is 2. The van der Waals surface area contributed by atoms with Crippen molar-refractivity contribution >= 4 is 10.1 Å². The Morgan fingerprint density at radius 3 is 2.40 bits per heavy atom. The average molecular weight is 322 g/mol. The Morgan fingerprint density at radius 1 is 1.30 bits per heavy atom. The normalized spacial score (nSPS) is 34.5. The van der Waals surface area contributed by atoms with Gasteiger partial charge in [0.05, 0.1) is 35.2 Å². The Morgan fingerprint density at radius 2 is 1.90 bits per heavy atom. The summed E-state index contributed by atoms with van der Waals surface area (Å²) < 4.78 is 46.6. The Labute approximate surface area is 140 Å². The first-order valence-electron chi connectivity index (χ1n) is 5.82. The monoisotopic (exact) mass is 322 g/mol. The summed E-state index contributed by atoms with van der Waals surface area (Å²) in [5, 5.41) is 19.4. The van der Waals surface area contributed by atoms with E-state index < -0.39 is 46.4 Å². The predicted octanol–water partition coefficient (Wildman–Crippen LogP) is -4.92. The summed E-state index contributed by atoms with van der Waals surface area (Å²) in [5.41, 5.74) is 0. The summed E-state index contributed by atoms with van der Waals surface area (Å²) in [5.74, 6) is -0.627. The van der Waals surface area contributed by atoms with Crippen molar-refractivity contribution in [2.45, 2.75) is 37.4 Å². The zero-order chi connectivity index (χ0) is 14.6. The van der Waals surface area contributed by atoms with Crippen LogP contribution in [-0.2, 0) is 24.3 Å². The summed E-state index contributed by atoms with van der Waals surface area (Å²) in [7, 11) is -2.96. The van der Waals surface area contributed by atoms with Gasteiger partial charge in [-0.25, -0.2) is 8.42 Å². The number of aliphatic hydroxyl groups is 2. The molecular formula is C10H19NaO8S. The number of ether oxygens (including phenoxy) is 3. The van der Waals surface area contributed by atoms with Gasteiger partial charge in [0.1, 0.15) is 24.4 Å². The minimum atomic E-state index is -4.31. The van der Waals surface area contributed by atoms with Crippen LogP contribution in [0.2, 0.25) is 0 Å². The number of rotatable bonds is 6. The van der Waals surface area contributed by atoms with E-state index in [0.29, 0.717) is 0 Å². The molecule has 1 aliphatic heterocycles. The molecule has 114 valence electrons. The third kappa shape index (κ3) is 6.22. The maximum atomic E-state index is 10.4. The molecule has 0 aromatic carbocycles. The maximum absolute atomic E-state index is 10.4. The van der Waals surface area contributed by atoms with E-state index >= 15 is 0 Å². The molecule has 2 unspecified atom stereocenters. The van der Waals surface area contributed by atoms with Crippen LogP contribution in [0.5, 0.6) is 0 Å². The topological polar surface area (TPSA) is 125 Å². The molecule has 0 aromatic rings. The van der Waals surface area contributed by atoms with Crippen LogP contribution in [0.1, 0.15) is 6.92 Å². The Bertz CT molecular complexity index is 375. The number of methoxy groups -OCH3 is 1. The van der Waals surface area contributed by atoms with E-state index in [2.05, 4.69) is 0 Å². The SMILES string of the molecule is CO[C@@H]1C(COCCS(=O)(=O)[O-])O[C@H](C)C(O)[C@@H]1O.[Na+]. The molecule has 0 aromatic heterocycles. The molecule has 0 amide bonds. The molecule has 1 rings (SSSR count). The molecule has 2 N–H and O–H groups in total. The largest absolute Gasteiger partial charge is 1.00 e. The van der Waals surface area contributed by atoms with Gasteiger partial charge in [0.25, 0.3) is 0 Å². The van der Waals surface area contributed by atoms with Crippen molar-refractivity contribution in [3.8, 4) is 0 Å². The molecule has 5 atom stereocenters. The fourth-order valence-electron chi connectivity index (χ4n) is 1.91. The van der Waals surface area contributed by atoms with Crippen molar-refractivity contribution in [1.82, 2.24) is 0 Å². The van der Waals surface area contributed by atoms with Crippen molar-refractivity contribution in [3.63, 3.8) is 0 Å². The van der Waals surface area contributed by atoms with Crippen LogP contribution in [0.3, 0.4) is 0 Å². The Hall–Kier alpha value is 0.710. The third-order valence-electron chi connectivity index (χ3n) is 2.96. The molecule has 1 fully saturated rings. The zero-order valence-corrected chi connectivity index (χ0v) is 14.6. The van der Waals surface area contributed by atoms with Crippen LogP contribution >= 0.6 is 0 Å². The minimum Gasteiger partial charge on any atom is -0.748 e. The van der Waals surface area contributed by atoms with Crippen molar-refractivity contribution < 1.29 is 67.0 Å². The Kier molecular flexibility index (Phi) is 9.30. The van der Waals surface area contributed by atoms with Crippen LogP contribution < -0.4 is 29.6 Å². The summed E-state index contributed by atoms with van der Waals surface area (Å²) in [6.07, 6.45) is -4.21. The second-order valence-corrected chi connectivity index (χ2v) is 5.92. The molecule has 10 heteroatoms. The van der Waals surface area contributed by atoms with E-state index in [4.69, 9.17) is 14.2 Å². The van der Waals surface area contributed by atoms with Gasteiger partial charge >= 0.3 is 29.6 Å². The maximum Gasteiger partial charge on any atom is 1.00 e. The van der Waals surface area contributed by atoms with Crippen LogP contribution in [0.15, 0.2) is 0 Å². The first-order chi connectivity index (χ1) is 8.76. The molecule has 8 nitrogen and oxygen atoms in total. The summed E-state index contributed by atoms with van der Waals surface area (Å²) in [6, 6.07) is 0. The molecule has 0 bridgehead atoms. The van der Waals surface area contributed by atoms with Gasteiger partial charge in [-0.3, -0.25) is 0 Å². The van der Waals surface area contributed by atoms with E-state index in [1.165, 1.54) is 7.11 Å². The minimum absolute atomic E-state index is 0. The first-order valence-corrected chi connectivity index (χ1v) is 7.39. The summed E-state index contributed by atoms with van der Waals surface area (Å²) in [4.78, 5) is 0. The van der Waals surface area contributed by atoms with Gasteiger partial charge in [0, 0.05) is 7.11 Å². The van der Waals surface area contributed by atoms with E-state index in [0.717, 1.165) is 0 Å². The van der Waals surface area contributed by atoms with Gasteiger partial charge in [-0.05, 0) is 6.92 Å². The van der Waals surface area contributed by atoms with Crippen molar-refractivity contribution in [2.75, 3.05) is 26.1 Å². The average Bonchev–Trinajstić information content (AvgIpc) is 2.31. The molecule has 20 heavy (non-hydrogen) atoms. The fourth-order valence-corrected chi connectivity index (χ4v) is 2.23. The molecule has 1 heterocycles. The number of hydrogen-bond acceptors (Lipinski definition) is 8. The van der Waals surface area contributed by atoms with Crippen LogP contribution in [0.4, 0.5) is 0 Å². The number of aliphatic hydroxyl groups excluding tert-OH is 2. The van der Waals surface area contributed by atoms with Gasteiger partial charge in [0.15, 0.2) is 0 Å². The van der Waals surface area contributed by atoms with E-state index in [9.17, 15) is 23.2 Å². The van der Waals surface area contributed by atoms with E-state index in [-0.39, 0.29) is 42.8 Å². The molecule has 0 spiro atoms. The molecular weight excluding hydrogens is 303 g/mol. The van der Waals surface area contributed by atoms with Crippen molar-refractivity contribution in [1.29, 1.82) is 0 Å². The molecule has 0 aliphatic carbocycles. The second kappa shape index (κ2) is 8.99. The zero-order valence-electron chi connectivity index (χ0n) is 11.8. The van der Waals surface area contributed by atoms with E-state index in [1.807, 2.05) is 0 Å². The van der Waals surface area contributed by atoms with Gasteiger partial charge in [0.2, 0.25) is 0 Å². The van der Waals surface area contributed by atoms with E-state index in [1.54, 1.807) is 6.92 Å². The molecule has 1 aliphatic rings. The quantitative estimate of drug-likeness (QED) is 0.283. The van der Waals surface area contributed by atoms with Gasteiger partial charge < -0.3 is 29.0 Å². The van der Waals surface area contributed by atoms with Gasteiger partial charge in [-0.1, -0.05) is 0 Å². The predicted molar refractivity (Wildman–Crippen MR) is 62.5 cm³/mol. The van der Waals surface area contributed by atoms with Crippen LogP contribution in [-0.4, -0.2) is 79.8 Å². The fraction of sp³-hybridized carbons (Fsp3) is 1.00. The first kappa shape index (κ1) is 20.7. The van der Waals surface area contributed by atoms with Crippen molar-refractivity contribution in [2.24, 2.45) is 0 Å². The third-order valence-corrected chi connectivity index (χ3v) is 3.62. The van der Waals surface area contributed by atoms with Crippen LogP contribution in [0, 0.1) is 0 Å². The van der Waals surface area contributed by atoms with Gasteiger partial charge in [-0.2, -0.15) is 0 Å². The smallest absolute Gasteiger partial charge is 0.748 e. The standard InChI is InChI=1S/C10H20O8S.Na/c1-6-8(11)9(12)10(16-2)7(18-6)5-17-3-4-19(13,14)15;/h6-12H,3-5H2,1-2H3,(H,13,14,15);/q;+1/p-1/t6-,7?,8?,9+,10-;/m1./s1. The van der Waals surface area contributed by atoms with Crippen LogP contribution in [0.25, 0.3) is 0 Å². The summed E-state index contributed by atoms with van der Waals surface area (Å²) in [6.45, 7) is 1.30. The molecule has 0 saturated carbocycles.